The lowest BCUT2D eigenvalue weighted by Crippen LogP contribution is -2.34. The van der Waals surface area contributed by atoms with Crippen molar-refractivity contribution in [3.05, 3.63) is 34.6 Å². The maximum absolute atomic E-state index is 13.0. The Morgan fingerprint density at radius 3 is 2.56 bits per heavy atom. The predicted octanol–water partition coefficient (Wildman–Crippen LogP) is 4.71. The van der Waals surface area contributed by atoms with E-state index in [1.807, 2.05) is 0 Å². The fourth-order valence-electron chi connectivity index (χ4n) is 2.93. The zero-order valence-corrected chi connectivity index (χ0v) is 11.8. The molecule has 0 radical (unpaired) electrons. The van der Waals surface area contributed by atoms with E-state index in [1.54, 1.807) is 6.07 Å². The minimum Gasteiger partial charge on any atom is -0.307 e. The van der Waals surface area contributed by atoms with Gasteiger partial charge in [-0.15, -0.1) is 0 Å². The Balaban J connectivity index is 2.00. The van der Waals surface area contributed by atoms with Crippen LogP contribution in [0.4, 0.5) is 4.39 Å². The summed E-state index contributed by atoms with van der Waals surface area (Å²) >= 11 is 6.09. The van der Waals surface area contributed by atoms with Crippen molar-refractivity contribution in [3.8, 4) is 0 Å². The molecule has 1 aliphatic rings. The average Bonchev–Trinajstić information content (AvgIpc) is 2.81. The molecule has 0 amide bonds. The Labute approximate surface area is 114 Å². The lowest BCUT2D eigenvalue weighted by atomic mass is 9.98. The van der Waals surface area contributed by atoms with E-state index < -0.39 is 0 Å². The second-order valence-corrected chi connectivity index (χ2v) is 5.79. The maximum Gasteiger partial charge on any atom is 0.124 e. The van der Waals surface area contributed by atoms with Crippen molar-refractivity contribution in [1.82, 2.24) is 5.32 Å². The fraction of sp³-hybridized carbons (Fsp3) is 0.600. The van der Waals surface area contributed by atoms with Gasteiger partial charge in [0.1, 0.15) is 5.82 Å². The second-order valence-electron chi connectivity index (χ2n) is 5.39. The zero-order valence-electron chi connectivity index (χ0n) is 11.0. The van der Waals surface area contributed by atoms with E-state index in [4.69, 9.17) is 11.6 Å². The monoisotopic (exact) mass is 269 g/mol. The molecule has 1 N–H and O–H groups in total. The maximum atomic E-state index is 13.0. The highest BCUT2D eigenvalue weighted by Gasteiger charge is 2.23. The lowest BCUT2D eigenvalue weighted by Gasteiger charge is -2.25. The van der Waals surface area contributed by atoms with E-state index >= 15 is 0 Å². The van der Waals surface area contributed by atoms with Gasteiger partial charge in [-0.25, -0.2) is 4.39 Å². The summed E-state index contributed by atoms with van der Waals surface area (Å²) in [5.74, 6) is 0.492. The largest absolute Gasteiger partial charge is 0.307 e. The van der Waals surface area contributed by atoms with Crippen molar-refractivity contribution >= 4 is 11.6 Å². The molecule has 0 aliphatic heterocycles. The number of hydrogen-bond acceptors (Lipinski definition) is 1. The van der Waals surface area contributed by atoms with Gasteiger partial charge in [0.15, 0.2) is 0 Å². The van der Waals surface area contributed by atoms with Gasteiger partial charge in [-0.05, 0) is 50.3 Å². The van der Waals surface area contributed by atoms with Crippen LogP contribution in [-0.2, 0) is 0 Å². The van der Waals surface area contributed by atoms with Gasteiger partial charge in [0.05, 0.1) is 0 Å². The third-order valence-electron chi connectivity index (χ3n) is 4.05. The molecule has 1 unspecified atom stereocenters. The lowest BCUT2D eigenvalue weighted by molar-refractivity contribution is 0.352. The summed E-state index contributed by atoms with van der Waals surface area (Å²) in [6.07, 6.45) is 5.33. The molecule has 3 heteroatoms. The van der Waals surface area contributed by atoms with Crippen LogP contribution in [0.2, 0.25) is 5.02 Å². The molecule has 1 fully saturated rings. The third kappa shape index (κ3) is 3.24. The second kappa shape index (κ2) is 6.03. The molecule has 18 heavy (non-hydrogen) atoms. The van der Waals surface area contributed by atoms with E-state index in [9.17, 15) is 4.39 Å². The SMILES string of the molecule is CC(N[C@@H](C)C1CCCC1)c1ccc(F)cc1Cl. The minimum absolute atomic E-state index is 0.161. The van der Waals surface area contributed by atoms with Gasteiger partial charge in [-0.3, -0.25) is 0 Å². The van der Waals surface area contributed by atoms with Crippen molar-refractivity contribution in [2.75, 3.05) is 0 Å². The number of nitrogens with one attached hydrogen (secondary N) is 1. The van der Waals surface area contributed by atoms with Gasteiger partial charge in [0, 0.05) is 17.1 Å². The molecule has 1 saturated carbocycles. The molecule has 0 bridgehead atoms. The molecule has 100 valence electrons. The van der Waals surface area contributed by atoms with Crippen LogP contribution in [0.15, 0.2) is 18.2 Å². The molecule has 1 nitrogen and oxygen atoms in total. The van der Waals surface area contributed by atoms with Crippen molar-refractivity contribution in [1.29, 1.82) is 0 Å². The minimum atomic E-state index is -0.278. The molecule has 0 saturated heterocycles. The molecule has 2 rings (SSSR count). The van der Waals surface area contributed by atoms with E-state index in [-0.39, 0.29) is 11.9 Å². The van der Waals surface area contributed by atoms with E-state index in [1.165, 1.54) is 37.8 Å². The molecule has 1 aliphatic carbocycles. The first-order chi connectivity index (χ1) is 8.58. The average molecular weight is 270 g/mol. The number of benzene rings is 1. The van der Waals surface area contributed by atoms with Gasteiger partial charge in [-0.2, -0.15) is 0 Å². The van der Waals surface area contributed by atoms with Crippen molar-refractivity contribution in [3.63, 3.8) is 0 Å². The Morgan fingerprint density at radius 2 is 1.94 bits per heavy atom. The van der Waals surface area contributed by atoms with Crippen LogP contribution >= 0.6 is 11.6 Å². The smallest absolute Gasteiger partial charge is 0.124 e. The molecule has 0 spiro atoms. The summed E-state index contributed by atoms with van der Waals surface area (Å²) in [5.41, 5.74) is 0.975. The highest BCUT2D eigenvalue weighted by Crippen LogP contribution is 2.30. The number of rotatable bonds is 4. The van der Waals surface area contributed by atoms with Gasteiger partial charge < -0.3 is 5.32 Å². The summed E-state index contributed by atoms with van der Waals surface area (Å²) in [5, 5.41) is 4.10. The van der Waals surface area contributed by atoms with Gasteiger partial charge in [0.25, 0.3) is 0 Å². The first-order valence-corrected chi connectivity index (χ1v) is 7.16. The molecule has 1 aromatic rings. The standard InChI is InChI=1S/C15H21ClFN/c1-10(12-5-3-4-6-12)18-11(2)14-8-7-13(17)9-15(14)16/h7-12,18H,3-6H2,1-2H3/t10-,11?/m0/s1. The summed E-state index contributed by atoms with van der Waals surface area (Å²) in [7, 11) is 0. The Hall–Kier alpha value is -0.600. The van der Waals surface area contributed by atoms with Crippen molar-refractivity contribution in [2.24, 2.45) is 5.92 Å². The van der Waals surface area contributed by atoms with Crippen LogP contribution < -0.4 is 5.32 Å². The summed E-state index contributed by atoms with van der Waals surface area (Å²) in [6.45, 7) is 4.33. The van der Waals surface area contributed by atoms with Gasteiger partial charge in [0.2, 0.25) is 0 Å². The first kappa shape index (κ1) is 13.8. The third-order valence-corrected chi connectivity index (χ3v) is 4.38. The molecule has 1 aromatic carbocycles. The van der Waals surface area contributed by atoms with Gasteiger partial charge >= 0.3 is 0 Å². The normalized spacial score (nSPS) is 20.0. The summed E-state index contributed by atoms with van der Waals surface area (Å²) in [4.78, 5) is 0. The topological polar surface area (TPSA) is 12.0 Å². The van der Waals surface area contributed by atoms with E-state index in [0.717, 1.165) is 11.5 Å². The van der Waals surface area contributed by atoms with Gasteiger partial charge in [-0.1, -0.05) is 30.5 Å². The van der Waals surface area contributed by atoms with Crippen LogP contribution in [0.3, 0.4) is 0 Å². The number of hydrogen-bond donors (Lipinski definition) is 1. The first-order valence-electron chi connectivity index (χ1n) is 6.79. The Kier molecular flexibility index (Phi) is 4.63. The summed E-state index contributed by atoms with van der Waals surface area (Å²) in [6, 6.07) is 5.28. The molecule has 0 aromatic heterocycles. The van der Waals surface area contributed by atoms with Crippen LogP contribution in [0.25, 0.3) is 0 Å². The van der Waals surface area contributed by atoms with E-state index in [2.05, 4.69) is 19.2 Å². The number of halogens is 2. The Bertz CT molecular complexity index is 401. The van der Waals surface area contributed by atoms with E-state index in [0.29, 0.717) is 11.1 Å². The summed E-state index contributed by atoms with van der Waals surface area (Å²) < 4.78 is 13.0. The highest BCUT2D eigenvalue weighted by atomic mass is 35.5. The van der Waals surface area contributed by atoms with Crippen LogP contribution in [0, 0.1) is 11.7 Å². The molecule has 2 atom stereocenters. The van der Waals surface area contributed by atoms with Crippen molar-refractivity contribution < 1.29 is 4.39 Å². The van der Waals surface area contributed by atoms with Crippen LogP contribution in [0.1, 0.15) is 51.1 Å². The predicted molar refractivity (Wildman–Crippen MR) is 74.4 cm³/mol. The molecule has 0 heterocycles. The quantitative estimate of drug-likeness (QED) is 0.835. The molecular weight excluding hydrogens is 249 g/mol. The van der Waals surface area contributed by atoms with Crippen LogP contribution in [-0.4, -0.2) is 6.04 Å². The highest BCUT2D eigenvalue weighted by molar-refractivity contribution is 6.31. The molecular formula is C15H21ClFN. The Morgan fingerprint density at radius 1 is 1.28 bits per heavy atom. The fourth-order valence-corrected chi connectivity index (χ4v) is 3.26. The zero-order chi connectivity index (χ0) is 13.1. The van der Waals surface area contributed by atoms with Crippen molar-refractivity contribution in [2.45, 2.75) is 51.6 Å². The van der Waals surface area contributed by atoms with Crippen LogP contribution in [0.5, 0.6) is 0 Å².